The highest BCUT2D eigenvalue weighted by molar-refractivity contribution is 5.50. The maximum Gasteiger partial charge on any atom is 0.0253 e. The molecule has 2 fully saturated rings. The first kappa shape index (κ1) is 10.3. The van der Waals surface area contributed by atoms with Crippen molar-refractivity contribution in [3.05, 3.63) is 34.4 Å². The topological polar surface area (TPSA) is 26.0 Å². The molecule has 1 aromatic rings. The molecule has 2 aliphatic rings. The molecule has 2 N–H and O–H groups in total. The molecular formula is C15H21N. The summed E-state index contributed by atoms with van der Waals surface area (Å²) in [6, 6.07) is 4.63. The lowest BCUT2D eigenvalue weighted by Crippen LogP contribution is -2.38. The van der Waals surface area contributed by atoms with Gasteiger partial charge < -0.3 is 5.73 Å². The Hall–Kier alpha value is -0.820. The van der Waals surface area contributed by atoms with Gasteiger partial charge in [0.2, 0.25) is 0 Å². The predicted molar refractivity (Wildman–Crippen MR) is 67.7 cm³/mol. The Morgan fingerprint density at radius 2 is 1.44 bits per heavy atom. The van der Waals surface area contributed by atoms with Gasteiger partial charge in [0, 0.05) is 11.0 Å². The Balaban J connectivity index is 2.14. The maximum absolute atomic E-state index is 6.49. The first-order valence-electron chi connectivity index (χ1n) is 6.36. The van der Waals surface area contributed by atoms with E-state index < -0.39 is 0 Å². The van der Waals surface area contributed by atoms with Gasteiger partial charge >= 0.3 is 0 Å². The van der Waals surface area contributed by atoms with E-state index in [-0.39, 0.29) is 5.54 Å². The lowest BCUT2D eigenvalue weighted by molar-refractivity contribution is 0.498. The first-order valence-corrected chi connectivity index (χ1v) is 6.36. The summed E-state index contributed by atoms with van der Waals surface area (Å²) >= 11 is 0. The molecule has 0 aliphatic heterocycles. The highest BCUT2D eigenvalue weighted by Gasteiger charge is 2.64. The fourth-order valence-electron chi connectivity index (χ4n) is 3.67. The molecule has 0 radical (unpaired) electrons. The van der Waals surface area contributed by atoms with Crippen molar-refractivity contribution in [3.8, 4) is 0 Å². The second kappa shape index (κ2) is 2.89. The van der Waals surface area contributed by atoms with Crippen LogP contribution in [-0.2, 0) is 5.41 Å². The summed E-state index contributed by atoms with van der Waals surface area (Å²) < 4.78 is 0. The van der Waals surface area contributed by atoms with E-state index in [4.69, 9.17) is 5.73 Å². The Morgan fingerprint density at radius 1 is 0.938 bits per heavy atom. The molecule has 0 amide bonds. The van der Waals surface area contributed by atoms with Crippen molar-refractivity contribution in [2.75, 3.05) is 0 Å². The summed E-state index contributed by atoms with van der Waals surface area (Å²) in [6.45, 7) is 6.68. The Morgan fingerprint density at radius 3 is 1.81 bits per heavy atom. The number of hydrogen-bond donors (Lipinski definition) is 1. The standard InChI is InChI=1S/C15H21N/c1-10-8-11(2)13(12(3)9-10)14(4-5-14)15(16)6-7-15/h8-9H,4-7,16H2,1-3H3. The van der Waals surface area contributed by atoms with Crippen LogP contribution in [-0.4, -0.2) is 5.54 Å². The van der Waals surface area contributed by atoms with Gasteiger partial charge in [-0.2, -0.15) is 0 Å². The Bertz CT molecular complexity index is 427. The number of nitrogens with two attached hydrogens (primary N) is 1. The van der Waals surface area contributed by atoms with Crippen LogP contribution in [0.1, 0.15) is 47.9 Å². The fourth-order valence-corrected chi connectivity index (χ4v) is 3.67. The predicted octanol–water partition coefficient (Wildman–Crippen LogP) is 3.13. The molecular weight excluding hydrogens is 194 g/mol. The maximum atomic E-state index is 6.49. The van der Waals surface area contributed by atoms with Crippen LogP contribution >= 0.6 is 0 Å². The van der Waals surface area contributed by atoms with E-state index in [9.17, 15) is 0 Å². The van der Waals surface area contributed by atoms with Crippen LogP contribution in [0.4, 0.5) is 0 Å². The third kappa shape index (κ3) is 1.21. The first-order chi connectivity index (χ1) is 7.48. The summed E-state index contributed by atoms with van der Waals surface area (Å²) in [5, 5.41) is 0. The molecule has 0 bridgehead atoms. The second-order valence-electron chi connectivity index (χ2n) is 6.01. The molecule has 0 aromatic heterocycles. The molecule has 2 aliphatic carbocycles. The summed E-state index contributed by atoms with van der Waals surface area (Å²) in [5.41, 5.74) is 12.8. The summed E-state index contributed by atoms with van der Waals surface area (Å²) in [5.74, 6) is 0. The van der Waals surface area contributed by atoms with Crippen LogP contribution in [0, 0.1) is 20.8 Å². The van der Waals surface area contributed by atoms with Gasteiger partial charge in [-0.25, -0.2) is 0 Å². The summed E-state index contributed by atoms with van der Waals surface area (Å²) in [7, 11) is 0. The van der Waals surface area contributed by atoms with Gasteiger partial charge in [0.15, 0.2) is 0 Å². The van der Waals surface area contributed by atoms with Crippen molar-refractivity contribution < 1.29 is 0 Å². The lowest BCUT2D eigenvalue weighted by atomic mass is 9.80. The highest BCUT2D eigenvalue weighted by Crippen LogP contribution is 2.64. The van der Waals surface area contributed by atoms with Crippen molar-refractivity contribution in [1.82, 2.24) is 0 Å². The average molecular weight is 215 g/mol. The molecule has 0 saturated heterocycles. The van der Waals surface area contributed by atoms with E-state index in [1.54, 1.807) is 5.56 Å². The van der Waals surface area contributed by atoms with Gasteiger partial charge in [0.25, 0.3) is 0 Å². The zero-order valence-electron chi connectivity index (χ0n) is 10.6. The van der Waals surface area contributed by atoms with Crippen molar-refractivity contribution >= 4 is 0 Å². The quantitative estimate of drug-likeness (QED) is 0.806. The summed E-state index contributed by atoms with van der Waals surface area (Å²) in [6.07, 6.45) is 5.04. The molecule has 2 saturated carbocycles. The largest absolute Gasteiger partial charge is 0.324 e. The minimum atomic E-state index is 0.137. The van der Waals surface area contributed by atoms with Crippen LogP contribution in [0.15, 0.2) is 12.1 Å². The smallest absolute Gasteiger partial charge is 0.0253 e. The fraction of sp³-hybridized carbons (Fsp3) is 0.600. The number of hydrogen-bond acceptors (Lipinski definition) is 1. The van der Waals surface area contributed by atoms with Crippen molar-refractivity contribution in [1.29, 1.82) is 0 Å². The van der Waals surface area contributed by atoms with Crippen LogP contribution < -0.4 is 5.73 Å². The number of aryl methyl sites for hydroxylation is 3. The second-order valence-corrected chi connectivity index (χ2v) is 6.01. The van der Waals surface area contributed by atoms with E-state index in [1.807, 2.05) is 0 Å². The molecule has 86 valence electrons. The SMILES string of the molecule is Cc1cc(C)c(C2(C3(N)CC3)CC2)c(C)c1. The van der Waals surface area contributed by atoms with Crippen molar-refractivity contribution in [2.45, 2.75) is 57.4 Å². The number of rotatable bonds is 2. The molecule has 0 atom stereocenters. The van der Waals surface area contributed by atoms with Crippen LogP contribution in [0.5, 0.6) is 0 Å². The van der Waals surface area contributed by atoms with E-state index >= 15 is 0 Å². The lowest BCUT2D eigenvalue weighted by Gasteiger charge is -2.27. The van der Waals surface area contributed by atoms with Gasteiger partial charge in [-0.1, -0.05) is 17.7 Å². The molecule has 0 spiro atoms. The zero-order valence-corrected chi connectivity index (χ0v) is 10.6. The highest BCUT2D eigenvalue weighted by atomic mass is 14.9. The molecule has 16 heavy (non-hydrogen) atoms. The number of benzene rings is 1. The van der Waals surface area contributed by atoms with Crippen LogP contribution in [0.2, 0.25) is 0 Å². The van der Waals surface area contributed by atoms with Gasteiger partial charge in [-0.15, -0.1) is 0 Å². The van der Waals surface area contributed by atoms with E-state index in [2.05, 4.69) is 32.9 Å². The monoisotopic (exact) mass is 215 g/mol. The minimum Gasteiger partial charge on any atom is -0.324 e. The van der Waals surface area contributed by atoms with Crippen LogP contribution in [0.3, 0.4) is 0 Å². The van der Waals surface area contributed by atoms with Gasteiger partial charge in [0.05, 0.1) is 0 Å². The average Bonchev–Trinajstić information content (AvgIpc) is 3.01. The Labute approximate surface area is 98.0 Å². The molecule has 1 aromatic carbocycles. The third-order valence-corrected chi connectivity index (χ3v) is 4.65. The van der Waals surface area contributed by atoms with Crippen molar-refractivity contribution in [2.24, 2.45) is 5.73 Å². The minimum absolute atomic E-state index is 0.137. The molecule has 0 unspecified atom stereocenters. The van der Waals surface area contributed by atoms with Crippen molar-refractivity contribution in [3.63, 3.8) is 0 Å². The van der Waals surface area contributed by atoms with Gasteiger partial charge in [-0.05, 0) is 63.1 Å². The molecule has 3 rings (SSSR count). The molecule has 1 heteroatoms. The van der Waals surface area contributed by atoms with E-state index in [1.165, 1.54) is 42.4 Å². The third-order valence-electron chi connectivity index (χ3n) is 4.65. The van der Waals surface area contributed by atoms with E-state index in [0.29, 0.717) is 5.41 Å². The normalized spacial score (nSPS) is 24.2. The molecule has 0 heterocycles. The van der Waals surface area contributed by atoms with Gasteiger partial charge in [0.1, 0.15) is 0 Å². The summed E-state index contributed by atoms with van der Waals surface area (Å²) in [4.78, 5) is 0. The van der Waals surface area contributed by atoms with Gasteiger partial charge in [-0.3, -0.25) is 0 Å². The Kier molecular flexibility index (Phi) is 1.87. The van der Waals surface area contributed by atoms with E-state index in [0.717, 1.165) is 0 Å². The molecule has 1 nitrogen and oxygen atoms in total. The van der Waals surface area contributed by atoms with Crippen LogP contribution in [0.25, 0.3) is 0 Å². The zero-order chi connectivity index (χ0) is 11.6.